The van der Waals surface area contributed by atoms with Gasteiger partial charge in [0.15, 0.2) is 0 Å². The lowest BCUT2D eigenvalue weighted by molar-refractivity contribution is -0.122. The molecule has 33 heavy (non-hydrogen) atoms. The van der Waals surface area contributed by atoms with Gasteiger partial charge in [0.25, 0.3) is 5.91 Å². The Bertz CT molecular complexity index is 1300. The Balaban J connectivity index is 1.74. The summed E-state index contributed by atoms with van der Waals surface area (Å²) in [5.41, 5.74) is 0.592. The third kappa shape index (κ3) is 4.73. The van der Waals surface area contributed by atoms with Crippen molar-refractivity contribution in [3.05, 3.63) is 94.5 Å². The minimum Gasteiger partial charge on any atom is -0.274 e. The standard InChI is InChI=1S/C23H17BrF2N2O4S/c24-16-3-11-20(12-4-16)33(31,32)27(14-15-1-5-17(25)6-2-15)21-13-22(29)28(23(21)30)19-9-7-18(26)8-10-19/h1-12,21H,13-14H2. The Morgan fingerprint density at radius 1 is 0.879 bits per heavy atom. The molecule has 1 saturated heterocycles. The van der Waals surface area contributed by atoms with Crippen LogP contribution in [0.2, 0.25) is 0 Å². The number of imide groups is 1. The van der Waals surface area contributed by atoms with Crippen LogP contribution < -0.4 is 4.90 Å². The molecule has 1 fully saturated rings. The molecule has 1 unspecified atom stereocenters. The summed E-state index contributed by atoms with van der Waals surface area (Å²) in [6.07, 6.45) is -0.382. The minimum atomic E-state index is -4.22. The predicted molar refractivity (Wildman–Crippen MR) is 121 cm³/mol. The van der Waals surface area contributed by atoms with E-state index in [1.807, 2.05) is 0 Å². The Morgan fingerprint density at radius 3 is 2.00 bits per heavy atom. The van der Waals surface area contributed by atoms with Crippen molar-refractivity contribution in [2.75, 3.05) is 4.90 Å². The number of anilines is 1. The van der Waals surface area contributed by atoms with E-state index in [1.54, 1.807) is 12.1 Å². The SMILES string of the molecule is O=C1CC(N(Cc2ccc(F)cc2)S(=O)(=O)c2ccc(Br)cc2)C(=O)N1c1ccc(F)cc1. The minimum absolute atomic E-state index is 0.0618. The number of rotatable bonds is 6. The van der Waals surface area contributed by atoms with Crippen molar-refractivity contribution in [1.82, 2.24) is 4.31 Å². The highest BCUT2D eigenvalue weighted by molar-refractivity contribution is 9.10. The zero-order valence-corrected chi connectivity index (χ0v) is 19.4. The summed E-state index contributed by atoms with van der Waals surface area (Å²) in [7, 11) is -4.22. The molecule has 0 N–H and O–H groups in total. The van der Waals surface area contributed by atoms with Gasteiger partial charge in [0.05, 0.1) is 17.0 Å². The van der Waals surface area contributed by atoms with Crippen LogP contribution in [0.5, 0.6) is 0 Å². The largest absolute Gasteiger partial charge is 0.274 e. The zero-order valence-electron chi connectivity index (χ0n) is 17.0. The highest BCUT2D eigenvalue weighted by Crippen LogP contribution is 2.31. The summed E-state index contributed by atoms with van der Waals surface area (Å²) in [5.74, 6) is -2.37. The van der Waals surface area contributed by atoms with Crippen molar-refractivity contribution in [3.63, 3.8) is 0 Å². The van der Waals surface area contributed by atoms with Crippen LogP contribution in [0.4, 0.5) is 14.5 Å². The topological polar surface area (TPSA) is 74.8 Å². The van der Waals surface area contributed by atoms with E-state index in [0.717, 1.165) is 21.3 Å². The van der Waals surface area contributed by atoms with Crippen LogP contribution in [-0.4, -0.2) is 30.6 Å². The molecular formula is C23H17BrF2N2O4S. The maximum absolute atomic E-state index is 13.5. The van der Waals surface area contributed by atoms with E-state index in [2.05, 4.69) is 15.9 Å². The van der Waals surface area contributed by atoms with Crippen LogP contribution in [0.25, 0.3) is 0 Å². The summed E-state index contributed by atoms with van der Waals surface area (Å²) in [5, 5.41) is 0. The van der Waals surface area contributed by atoms with Gasteiger partial charge in [-0.3, -0.25) is 9.59 Å². The molecule has 0 radical (unpaired) electrons. The van der Waals surface area contributed by atoms with Crippen molar-refractivity contribution in [3.8, 4) is 0 Å². The Morgan fingerprint density at radius 2 is 1.42 bits per heavy atom. The molecule has 0 spiro atoms. The molecule has 0 saturated carbocycles. The summed E-state index contributed by atoms with van der Waals surface area (Å²) in [6, 6.07) is 14.5. The third-order valence-electron chi connectivity index (χ3n) is 5.23. The fraction of sp³-hybridized carbons (Fsp3) is 0.130. The molecule has 3 aromatic carbocycles. The fourth-order valence-corrected chi connectivity index (χ4v) is 5.41. The van der Waals surface area contributed by atoms with Gasteiger partial charge in [0, 0.05) is 11.0 Å². The molecule has 4 rings (SSSR count). The number of carbonyl (C=O) groups excluding carboxylic acids is 2. The van der Waals surface area contributed by atoms with Gasteiger partial charge in [-0.15, -0.1) is 0 Å². The molecule has 2 amide bonds. The molecule has 3 aromatic rings. The first-order valence-corrected chi connectivity index (χ1v) is 12.0. The molecular weight excluding hydrogens is 518 g/mol. The molecule has 170 valence electrons. The van der Waals surface area contributed by atoms with Crippen molar-refractivity contribution >= 4 is 43.5 Å². The number of amides is 2. The van der Waals surface area contributed by atoms with Gasteiger partial charge in [-0.2, -0.15) is 4.31 Å². The molecule has 10 heteroatoms. The van der Waals surface area contributed by atoms with E-state index < -0.39 is 39.5 Å². The molecule has 1 heterocycles. The maximum atomic E-state index is 13.5. The molecule has 1 atom stereocenters. The number of sulfonamides is 1. The van der Waals surface area contributed by atoms with Gasteiger partial charge in [-0.25, -0.2) is 22.1 Å². The van der Waals surface area contributed by atoms with Crippen molar-refractivity contribution in [2.24, 2.45) is 0 Å². The predicted octanol–water partition coefficient (Wildman–Crippen LogP) is 4.25. The number of carbonyl (C=O) groups is 2. The van der Waals surface area contributed by atoms with Gasteiger partial charge >= 0.3 is 0 Å². The lowest BCUT2D eigenvalue weighted by Gasteiger charge is -2.27. The molecule has 1 aliphatic heterocycles. The lowest BCUT2D eigenvalue weighted by atomic mass is 10.2. The number of hydrogen-bond acceptors (Lipinski definition) is 4. The molecule has 1 aliphatic rings. The number of nitrogens with zero attached hydrogens (tertiary/aromatic N) is 2. The van der Waals surface area contributed by atoms with E-state index >= 15 is 0 Å². The van der Waals surface area contributed by atoms with Crippen molar-refractivity contribution < 1.29 is 26.8 Å². The first-order chi connectivity index (χ1) is 15.7. The zero-order chi connectivity index (χ0) is 23.8. The first kappa shape index (κ1) is 23.2. The second-order valence-corrected chi connectivity index (χ2v) is 10.2. The smallest absolute Gasteiger partial charge is 0.252 e. The molecule has 0 aliphatic carbocycles. The van der Waals surface area contributed by atoms with Crippen molar-refractivity contribution in [2.45, 2.75) is 23.9 Å². The fourth-order valence-electron chi connectivity index (χ4n) is 3.58. The summed E-state index contributed by atoms with van der Waals surface area (Å²) < 4.78 is 55.4. The van der Waals surface area contributed by atoms with Gasteiger partial charge in [0.1, 0.15) is 17.7 Å². The van der Waals surface area contributed by atoms with Crippen LogP contribution in [0.3, 0.4) is 0 Å². The lowest BCUT2D eigenvalue weighted by Crippen LogP contribution is -2.45. The highest BCUT2D eigenvalue weighted by atomic mass is 79.9. The maximum Gasteiger partial charge on any atom is 0.252 e. The second-order valence-electron chi connectivity index (χ2n) is 7.39. The van der Waals surface area contributed by atoms with Crippen LogP contribution >= 0.6 is 15.9 Å². The number of hydrogen-bond donors (Lipinski definition) is 0. The van der Waals surface area contributed by atoms with Gasteiger partial charge < -0.3 is 0 Å². The van der Waals surface area contributed by atoms with E-state index in [1.165, 1.54) is 48.5 Å². The normalized spacial score (nSPS) is 16.6. The van der Waals surface area contributed by atoms with Crippen LogP contribution in [0.1, 0.15) is 12.0 Å². The van der Waals surface area contributed by atoms with E-state index in [9.17, 15) is 26.8 Å². The summed E-state index contributed by atoms with van der Waals surface area (Å²) in [6.45, 7) is -0.250. The quantitative estimate of drug-likeness (QED) is 0.443. The number of benzene rings is 3. The average molecular weight is 535 g/mol. The van der Waals surface area contributed by atoms with Crippen LogP contribution in [0, 0.1) is 11.6 Å². The summed E-state index contributed by atoms with van der Waals surface area (Å²) >= 11 is 3.26. The van der Waals surface area contributed by atoms with E-state index in [-0.39, 0.29) is 23.5 Å². The first-order valence-electron chi connectivity index (χ1n) is 9.81. The third-order valence-corrected chi connectivity index (χ3v) is 7.62. The monoisotopic (exact) mass is 534 g/mol. The molecule has 0 aromatic heterocycles. The molecule has 0 bridgehead atoms. The summed E-state index contributed by atoms with van der Waals surface area (Å²) in [4.78, 5) is 26.8. The molecule has 6 nitrogen and oxygen atoms in total. The van der Waals surface area contributed by atoms with Crippen LogP contribution in [-0.2, 0) is 26.2 Å². The second kappa shape index (κ2) is 9.12. The van der Waals surface area contributed by atoms with Crippen molar-refractivity contribution in [1.29, 1.82) is 0 Å². The van der Waals surface area contributed by atoms with Gasteiger partial charge in [-0.05, 0) is 66.2 Å². The average Bonchev–Trinajstić information content (AvgIpc) is 3.07. The van der Waals surface area contributed by atoms with E-state index in [4.69, 9.17) is 0 Å². The van der Waals surface area contributed by atoms with Crippen LogP contribution in [0.15, 0.2) is 82.2 Å². The van der Waals surface area contributed by atoms with E-state index in [0.29, 0.717) is 10.0 Å². The number of halogens is 3. The van der Waals surface area contributed by atoms with Gasteiger partial charge in [0.2, 0.25) is 15.9 Å². The van der Waals surface area contributed by atoms with Gasteiger partial charge in [-0.1, -0.05) is 28.1 Å². The Hall–Kier alpha value is -2.95. The highest BCUT2D eigenvalue weighted by Gasteiger charge is 2.47. The Labute approximate surface area is 197 Å². The Kier molecular flexibility index (Phi) is 6.42.